The fourth-order valence-corrected chi connectivity index (χ4v) is 3.66. The third kappa shape index (κ3) is 9.31. The second-order valence-corrected chi connectivity index (χ2v) is 9.71. The van der Waals surface area contributed by atoms with E-state index < -0.39 is 29.7 Å². The Kier molecular flexibility index (Phi) is 11.0. The number of carbonyl (C=O) groups is 3. The van der Waals surface area contributed by atoms with E-state index in [0.717, 1.165) is 0 Å². The molecule has 0 aliphatic carbocycles. The van der Waals surface area contributed by atoms with Crippen molar-refractivity contribution in [1.82, 2.24) is 10.9 Å². The van der Waals surface area contributed by atoms with Gasteiger partial charge in [-0.2, -0.15) is 8.78 Å². The molecule has 0 aromatic heterocycles. The quantitative estimate of drug-likeness (QED) is 0.259. The summed E-state index contributed by atoms with van der Waals surface area (Å²) in [5.74, 6) is -4.89. The highest BCUT2D eigenvalue weighted by Crippen LogP contribution is 2.33. The molecule has 2 amide bonds. The number of hydrogen-bond acceptors (Lipinski definition) is 9. The van der Waals surface area contributed by atoms with Gasteiger partial charge in [0.25, 0.3) is 11.8 Å². The molecule has 5 rings (SSSR count). The third-order valence-corrected chi connectivity index (χ3v) is 5.88. The van der Waals surface area contributed by atoms with Gasteiger partial charge in [-0.25, -0.2) is 9.79 Å². The first kappa shape index (κ1) is 33.1. The molecule has 1 atom stereocenters. The van der Waals surface area contributed by atoms with Crippen LogP contribution in [0.25, 0.3) is 0 Å². The van der Waals surface area contributed by atoms with Crippen molar-refractivity contribution in [2.24, 2.45) is 10.7 Å². The van der Waals surface area contributed by atoms with Crippen LogP contribution in [-0.4, -0.2) is 54.6 Å². The Labute approximate surface area is 252 Å². The fraction of sp³-hybridized carbons (Fsp3) is 0.267. The van der Waals surface area contributed by atoms with Crippen molar-refractivity contribution < 1.29 is 42.5 Å². The van der Waals surface area contributed by atoms with Crippen LogP contribution in [0.3, 0.4) is 0 Å². The van der Waals surface area contributed by atoms with E-state index in [1.54, 1.807) is 66.7 Å². The largest absolute Gasteiger partial charge is 0.497 e. The maximum absolute atomic E-state index is 13.3. The lowest BCUT2D eigenvalue weighted by Crippen LogP contribution is -2.45. The highest BCUT2D eigenvalue weighted by Gasteiger charge is 2.31. The third-order valence-electron chi connectivity index (χ3n) is 5.88. The normalized spacial score (nSPS) is 15.2. The standard InChI is InChI=1S/C27H29N5O5.C3H4F2O2/c1-16(2)37-22-12-9-18-14-23(22)36-15-29-25(28)17-7-10-20(11-8-17)30-24(18)27(34)32-31-26(33)19-5-4-6-21(13-19)35-3;1-3(4,5)2(6)7/h4-14,16,24,30H,15H2,1-3H3,(H2,28,29)(H,31,33)(H,32,34);1H3,(H,6,7). The number of hydrogen-bond donors (Lipinski definition) is 5. The molecule has 6 N–H and O–H groups in total. The van der Waals surface area contributed by atoms with Gasteiger partial charge in [-0.1, -0.05) is 12.1 Å². The van der Waals surface area contributed by atoms with E-state index >= 15 is 0 Å². The number of anilines is 1. The molecule has 234 valence electrons. The average molecular weight is 614 g/mol. The Bertz CT molecular complexity index is 1510. The molecular weight excluding hydrogens is 580 g/mol. The molecule has 4 bridgehead atoms. The molecule has 3 aromatic carbocycles. The molecule has 2 aliphatic rings. The number of methoxy groups -OCH3 is 1. The highest BCUT2D eigenvalue weighted by molar-refractivity contribution is 5.98. The summed E-state index contributed by atoms with van der Waals surface area (Å²) in [4.78, 5) is 39.5. The highest BCUT2D eigenvalue weighted by atomic mass is 19.3. The zero-order valence-corrected chi connectivity index (χ0v) is 24.4. The molecule has 44 heavy (non-hydrogen) atoms. The number of ether oxygens (including phenoxy) is 3. The number of amidine groups is 1. The van der Waals surface area contributed by atoms with Gasteiger partial charge in [0, 0.05) is 23.7 Å². The molecule has 0 radical (unpaired) electrons. The minimum atomic E-state index is -3.58. The monoisotopic (exact) mass is 613 g/mol. The van der Waals surface area contributed by atoms with Gasteiger partial charge in [0.15, 0.2) is 18.2 Å². The summed E-state index contributed by atoms with van der Waals surface area (Å²) in [5, 5.41) is 10.7. The summed E-state index contributed by atoms with van der Waals surface area (Å²) in [6.45, 7) is 4.10. The SMILES string of the molecule is CC(F)(F)C(=O)O.COc1cccc(C(=O)NNC(=O)C2Nc3ccc(cc3)/C(N)=N\COc3cc2ccc3OC(C)C)c1. The number of carboxylic acid groups (broad SMARTS) is 1. The Morgan fingerprint density at radius 1 is 1.09 bits per heavy atom. The number of alkyl halides is 2. The summed E-state index contributed by atoms with van der Waals surface area (Å²) >= 11 is 0. The predicted octanol–water partition coefficient (Wildman–Crippen LogP) is 3.88. The van der Waals surface area contributed by atoms with Crippen molar-refractivity contribution in [1.29, 1.82) is 0 Å². The first-order valence-electron chi connectivity index (χ1n) is 13.2. The lowest BCUT2D eigenvalue weighted by molar-refractivity contribution is -0.161. The number of amides is 2. The van der Waals surface area contributed by atoms with Crippen molar-refractivity contribution in [3.8, 4) is 17.2 Å². The van der Waals surface area contributed by atoms with Gasteiger partial charge in [-0.05, 0) is 74.0 Å². The van der Waals surface area contributed by atoms with Crippen LogP contribution in [0.2, 0.25) is 0 Å². The fourth-order valence-electron chi connectivity index (χ4n) is 3.66. The van der Waals surface area contributed by atoms with Gasteiger partial charge in [-0.3, -0.25) is 20.4 Å². The van der Waals surface area contributed by atoms with E-state index in [0.29, 0.717) is 52.4 Å². The van der Waals surface area contributed by atoms with Gasteiger partial charge >= 0.3 is 11.9 Å². The van der Waals surface area contributed by atoms with E-state index in [-0.39, 0.29) is 12.8 Å². The van der Waals surface area contributed by atoms with Crippen molar-refractivity contribution in [2.45, 2.75) is 38.8 Å². The van der Waals surface area contributed by atoms with Crippen LogP contribution >= 0.6 is 0 Å². The van der Waals surface area contributed by atoms with Gasteiger partial charge in [0.05, 0.1) is 13.2 Å². The Hall–Kier alpha value is -5.40. The number of aliphatic imine (C=N–C) groups is 1. The first-order chi connectivity index (χ1) is 20.8. The minimum absolute atomic E-state index is 0.0353. The number of nitrogens with two attached hydrogens (primary N) is 1. The number of carbonyl (C=O) groups excluding carboxylic acids is 2. The number of fused-ring (bicyclic) bond motifs is 5. The van der Waals surface area contributed by atoms with Crippen LogP contribution < -0.4 is 36.1 Å². The van der Waals surface area contributed by atoms with E-state index in [9.17, 15) is 23.2 Å². The summed E-state index contributed by atoms with van der Waals surface area (Å²) < 4.78 is 39.4. The number of carboxylic acids is 1. The molecule has 0 fully saturated rings. The number of nitrogens with one attached hydrogen (secondary N) is 3. The van der Waals surface area contributed by atoms with E-state index in [4.69, 9.17) is 25.1 Å². The Morgan fingerprint density at radius 3 is 2.39 bits per heavy atom. The molecule has 2 aliphatic heterocycles. The van der Waals surface area contributed by atoms with Gasteiger partial charge in [-0.15, -0.1) is 0 Å². The Balaban J connectivity index is 0.000000676. The zero-order valence-electron chi connectivity index (χ0n) is 24.4. The van der Waals surface area contributed by atoms with Crippen LogP contribution in [-0.2, 0) is 9.59 Å². The molecule has 14 heteroatoms. The molecule has 1 unspecified atom stereocenters. The van der Waals surface area contributed by atoms with Crippen molar-refractivity contribution in [3.05, 3.63) is 83.4 Å². The number of hydrazine groups is 1. The summed E-state index contributed by atoms with van der Waals surface area (Å²) in [5.41, 5.74) is 13.4. The summed E-state index contributed by atoms with van der Waals surface area (Å²) in [6.07, 6.45) is -0.0942. The van der Waals surface area contributed by atoms with E-state index in [2.05, 4.69) is 21.2 Å². The maximum atomic E-state index is 13.3. The topological polar surface area (TPSA) is 174 Å². The van der Waals surface area contributed by atoms with E-state index in [1.165, 1.54) is 7.11 Å². The smallest absolute Gasteiger partial charge is 0.374 e. The van der Waals surface area contributed by atoms with Crippen LogP contribution in [0, 0.1) is 0 Å². The molecular formula is C30H33F2N5O7. The average Bonchev–Trinajstić information content (AvgIpc) is 3.00. The lowest BCUT2D eigenvalue weighted by Gasteiger charge is -2.22. The van der Waals surface area contributed by atoms with Crippen LogP contribution in [0.15, 0.2) is 71.7 Å². The molecule has 3 aromatic rings. The van der Waals surface area contributed by atoms with Crippen LogP contribution in [0.1, 0.15) is 48.3 Å². The number of nitrogens with zero attached hydrogens (tertiary/aromatic N) is 1. The molecule has 0 saturated heterocycles. The van der Waals surface area contributed by atoms with Gasteiger partial charge in [0.1, 0.15) is 17.6 Å². The van der Waals surface area contributed by atoms with Crippen molar-refractivity contribution in [3.63, 3.8) is 0 Å². The van der Waals surface area contributed by atoms with Crippen molar-refractivity contribution in [2.75, 3.05) is 19.2 Å². The molecule has 12 nitrogen and oxygen atoms in total. The number of halogens is 2. The second-order valence-electron chi connectivity index (χ2n) is 9.71. The molecule has 0 spiro atoms. The minimum Gasteiger partial charge on any atom is -0.497 e. The maximum Gasteiger partial charge on any atom is 0.374 e. The Morgan fingerprint density at radius 2 is 1.77 bits per heavy atom. The molecule has 0 saturated carbocycles. The number of rotatable bonds is 6. The van der Waals surface area contributed by atoms with Gasteiger partial charge in [0.2, 0.25) is 0 Å². The predicted molar refractivity (Wildman–Crippen MR) is 158 cm³/mol. The van der Waals surface area contributed by atoms with Crippen LogP contribution in [0.5, 0.6) is 17.2 Å². The van der Waals surface area contributed by atoms with Crippen LogP contribution in [0.4, 0.5) is 14.5 Å². The van der Waals surface area contributed by atoms with Crippen molar-refractivity contribution >= 4 is 29.3 Å². The lowest BCUT2D eigenvalue weighted by atomic mass is 10.0. The number of aliphatic carboxylic acids is 1. The number of benzene rings is 3. The molecule has 2 heterocycles. The van der Waals surface area contributed by atoms with Gasteiger partial charge < -0.3 is 30.4 Å². The second kappa shape index (κ2) is 14.7. The summed E-state index contributed by atoms with van der Waals surface area (Å²) in [7, 11) is 1.51. The summed E-state index contributed by atoms with van der Waals surface area (Å²) in [6, 6.07) is 18.1. The van der Waals surface area contributed by atoms with E-state index in [1.807, 2.05) is 13.8 Å². The zero-order chi connectivity index (χ0) is 32.4. The first-order valence-corrected chi connectivity index (χ1v) is 13.2.